The molecule has 6 nitrogen and oxygen atoms in total. The van der Waals surface area contributed by atoms with E-state index in [1.54, 1.807) is 18.4 Å². The van der Waals surface area contributed by atoms with Crippen LogP contribution in [0.1, 0.15) is 43.0 Å². The number of halogens is 1. The van der Waals surface area contributed by atoms with E-state index in [1.807, 2.05) is 6.20 Å². The molecular formula is C18H34IN5OS. The van der Waals surface area contributed by atoms with Gasteiger partial charge in [-0.1, -0.05) is 6.92 Å². The number of aliphatic imine (C=N–C) groups is 1. The zero-order valence-electron chi connectivity index (χ0n) is 16.3. The van der Waals surface area contributed by atoms with Gasteiger partial charge >= 0.3 is 0 Å². The van der Waals surface area contributed by atoms with Crippen molar-refractivity contribution < 1.29 is 4.74 Å². The summed E-state index contributed by atoms with van der Waals surface area (Å²) in [6, 6.07) is 0.499. The second kappa shape index (κ2) is 13.7. The van der Waals surface area contributed by atoms with Crippen molar-refractivity contribution >= 4 is 41.3 Å². The predicted molar refractivity (Wildman–Crippen MR) is 121 cm³/mol. The number of thiazole rings is 1. The first-order valence-electron chi connectivity index (χ1n) is 9.44. The highest BCUT2D eigenvalue weighted by Crippen LogP contribution is 2.14. The van der Waals surface area contributed by atoms with E-state index < -0.39 is 0 Å². The predicted octanol–water partition coefficient (Wildman–Crippen LogP) is 2.88. The third-order valence-electron chi connectivity index (χ3n) is 4.42. The molecule has 0 atom stereocenters. The van der Waals surface area contributed by atoms with Gasteiger partial charge in [-0.3, -0.25) is 0 Å². The number of nitrogens with one attached hydrogen (secondary N) is 2. The van der Waals surface area contributed by atoms with Crippen molar-refractivity contribution in [3.63, 3.8) is 0 Å². The third kappa shape index (κ3) is 8.49. The molecule has 1 aliphatic heterocycles. The van der Waals surface area contributed by atoms with Crippen molar-refractivity contribution in [3.05, 3.63) is 16.1 Å². The van der Waals surface area contributed by atoms with E-state index in [0.717, 1.165) is 69.4 Å². The monoisotopic (exact) mass is 495 g/mol. The van der Waals surface area contributed by atoms with Crippen molar-refractivity contribution in [1.82, 2.24) is 20.5 Å². The maximum Gasteiger partial charge on any atom is 0.191 e. The highest BCUT2D eigenvalue weighted by molar-refractivity contribution is 14.0. The van der Waals surface area contributed by atoms with Gasteiger partial charge in [-0.05, 0) is 32.6 Å². The fourth-order valence-corrected chi connectivity index (χ4v) is 3.76. The molecule has 2 heterocycles. The van der Waals surface area contributed by atoms with Gasteiger partial charge in [0.05, 0.1) is 6.54 Å². The molecule has 2 rings (SSSR count). The lowest BCUT2D eigenvalue weighted by molar-refractivity contribution is 0.155. The number of nitrogens with zero attached hydrogens (tertiary/aromatic N) is 3. The number of rotatable bonds is 9. The third-order valence-corrected chi connectivity index (χ3v) is 5.54. The van der Waals surface area contributed by atoms with Crippen molar-refractivity contribution in [2.75, 3.05) is 39.9 Å². The molecule has 0 saturated carbocycles. The standard InChI is InChI=1S/C18H33N5OS.HI/c1-4-16-13-20-17(25-16)14-21-18(19-5-2)22-15-7-10-23(11-8-15)9-6-12-24-3;/h13,15H,4-12,14H2,1-3H3,(H2,19,21,22);1H. The second-order valence-corrected chi connectivity index (χ2v) is 7.58. The second-order valence-electron chi connectivity index (χ2n) is 6.38. The van der Waals surface area contributed by atoms with E-state index >= 15 is 0 Å². The fourth-order valence-electron chi connectivity index (χ4n) is 2.98. The summed E-state index contributed by atoms with van der Waals surface area (Å²) in [4.78, 5) is 13.0. The number of hydrogen-bond acceptors (Lipinski definition) is 5. The van der Waals surface area contributed by atoms with Crippen LogP contribution in [0.3, 0.4) is 0 Å². The smallest absolute Gasteiger partial charge is 0.191 e. The molecule has 1 aromatic heterocycles. The number of ether oxygens (including phenoxy) is 1. The summed E-state index contributed by atoms with van der Waals surface area (Å²) in [5.74, 6) is 0.911. The van der Waals surface area contributed by atoms with E-state index in [2.05, 4.69) is 34.4 Å². The molecule has 0 amide bonds. The summed E-state index contributed by atoms with van der Waals surface area (Å²) in [5, 5.41) is 8.04. The Morgan fingerprint density at radius 1 is 1.38 bits per heavy atom. The molecular weight excluding hydrogens is 461 g/mol. The minimum atomic E-state index is 0. The molecule has 0 aromatic carbocycles. The van der Waals surface area contributed by atoms with Gasteiger partial charge in [0.2, 0.25) is 0 Å². The van der Waals surface area contributed by atoms with Gasteiger partial charge < -0.3 is 20.3 Å². The molecule has 1 aliphatic rings. The number of aryl methyl sites for hydroxylation is 1. The van der Waals surface area contributed by atoms with Crippen molar-refractivity contribution in [3.8, 4) is 0 Å². The lowest BCUT2D eigenvalue weighted by Crippen LogP contribution is -2.48. The van der Waals surface area contributed by atoms with Crippen molar-refractivity contribution in [2.45, 2.75) is 52.1 Å². The molecule has 1 saturated heterocycles. The Labute approximate surface area is 179 Å². The Morgan fingerprint density at radius 2 is 2.15 bits per heavy atom. The minimum Gasteiger partial charge on any atom is -0.385 e. The summed E-state index contributed by atoms with van der Waals surface area (Å²) in [5.41, 5.74) is 0. The van der Waals surface area contributed by atoms with Crippen LogP contribution in [0.5, 0.6) is 0 Å². The quantitative estimate of drug-likeness (QED) is 0.239. The van der Waals surface area contributed by atoms with Crippen LogP contribution in [0.25, 0.3) is 0 Å². The maximum atomic E-state index is 5.14. The normalized spacial score (nSPS) is 16.3. The van der Waals surface area contributed by atoms with Crippen LogP contribution in [0.15, 0.2) is 11.2 Å². The maximum absolute atomic E-state index is 5.14. The van der Waals surface area contributed by atoms with Gasteiger partial charge in [0.25, 0.3) is 0 Å². The van der Waals surface area contributed by atoms with Crippen molar-refractivity contribution in [2.24, 2.45) is 4.99 Å². The number of piperidine rings is 1. The topological polar surface area (TPSA) is 61.8 Å². The SMILES string of the molecule is CCNC(=NCc1ncc(CC)s1)NC1CCN(CCCOC)CC1.I. The highest BCUT2D eigenvalue weighted by Gasteiger charge is 2.19. The zero-order valence-corrected chi connectivity index (χ0v) is 19.4. The summed E-state index contributed by atoms with van der Waals surface area (Å²) in [6.45, 7) is 10.1. The lowest BCUT2D eigenvalue weighted by atomic mass is 10.1. The number of hydrogen-bond donors (Lipinski definition) is 2. The van der Waals surface area contributed by atoms with Gasteiger partial charge in [-0.2, -0.15) is 0 Å². The van der Waals surface area contributed by atoms with Gasteiger partial charge in [0.1, 0.15) is 5.01 Å². The van der Waals surface area contributed by atoms with Crippen LogP contribution in [-0.4, -0.2) is 61.8 Å². The van der Waals surface area contributed by atoms with E-state index in [4.69, 9.17) is 9.73 Å². The molecule has 0 radical (unpaired) electrons. The Morgan fingerprint density at radius 3 is 2.77 bits per heavy atom. The number of likely N-dealkylation sites (tertiary alicyclic amines) is 1. The van der Waals surface area contributed by atoms with Gasteiger partial charge in [0, 0.05) is 57.0 Å². The molecule has 0 spiro atoms. The summed E-state index contributed by atoms with van der Waals surface area (Å²) in [7, 11) is 1.77. The molecule has 150 valence electrons. The number of methoxy groups -OCH3 is 1. The molecule has 0 aliphatic carbocycles. The Balaban J connectivity index is 0.00000338. The van der Waals surface area contributed by atoms with Crippen LogP contribution >= 0.6 is 35.3 Å². The summed E-state index contributed by atoms with van der Waals surface area (Å²) >= 11 is 1.76. The van der Waals surface area contributed by atoms with Crippen LogP contribution in [0.4, 0.5) is 0 Å². The van der Waals surface area contributed by atoms with Crippen LogP contribution in [0, 0.1) is 0 Å². The molecule has 26 heavy (non-hydrogen) atoms. The molecule has 0 bridgehead atoms. The van der Waals surface area contributed by atoms with Crippen LogP contribution < -0.4 is 10.6 Å². The van der Waals surface area contributed by atoms with Crippen molar-refractivity contribution in [1.29, 1.82) is 0 Å². The fraction of sp³-hybridized carbons (Fsp3) is 0.778. The zero-order chi connectivity index (χ0) is 17.9. The Hall–Kier alpha value is -0.450. The van der Waals surface area contributed by atoms with Crippen LogP contribution in [-0.2, 0) is 17.7 Å². The molecule has 1 aromatic rings. The Bertz CT molecular complexity index is 517. The summed E-state index contributed by atoms with van der Waals surface area (Å²) < 4.78 is 5.14. The van der Waals surface area contributed by atoms with E-state index in [1.165, 1.54) is 4.88 Å². The first-order chi connectivity index (χ1) is 12.2. The summed E-state index contributed by atoms with van der Waals surface area (Å²) in [6.07, 6.45) is 6.45. The lowest BCUT2D eigenvalue weighted by Gasteiger charge is -2.33. The average Bonchev–Trinajstić information content (AvgIpc) is 3.10. The first-order valence-corrected chi connectivity index (χ1v) is 10.3. The van der Waals surface area contributed by atoms with E-state index in [0.29, 0.717) is 12.6 Å². The van der Waals surface area contributed by atoms with Gasteiger partial charge in [-0.25, -0.2) is 9.98 Å². The highest BCUT2D eigenvalue weighted by atomic mass is 127. The minimum absolute atomic E-state index is 0. The van der Waals surface area contributed by atoms with Gasteiger partial charge in [0.15, 0.2) is 5.96 Å². The molecule has 0 unspecified atom stereocenters. The van der Waals surface area contributed by atoms with Gasteiger partial charge in [-0.15, -0.1) is 35.3 Å². The molecule has 8 heteroatoms. The number of guanidine groups is 1. The Kier molecular flexibility index (Phi) is 12.4. The first kappa shape index (κ1) is 23.6. The molecule has 1 fully saturated rings. The van der Waals surface area contributed by atoms with E-state index in [9.17, 15) is 0 Å². The van der Waals surface area contributed by atoms with E-state index in [-0.39, 0.29) is 24.0 Å². The molecule has 2 N–H and O–H groups in total. The largest absolute Gasteiger partial charge is 0.385 e. The average molecular weight is 495 g/mol. The number of aromatic nitrogens is 1. The van der Waals surface area contributed by atoms with Crippen LogP contribution in [0.2, 0.25) is 0 Å².